The zero-order chi connectivity index (χ0) is 46.2. The fraction of sp³-hybridized carbons (Fsp3) is 0.250. The summed E-state index contributed by atoms with van der Waals surface area (Å²) in [5, 5.41) is 59.0. The van der Waals surface area contributed by atoms with Crippen molar-refractivity contribution in [2.75, 3.05) is 0 Å². The number of hydrogen-bond acceptors (Lipinski definition) is 20. The van der Waals surface area contributed by atoms with Crippen LogP contribution in [0.15, 0.2) is 99.1 Å². The van der Waals surface area contributed by atoms with E-state index in [1.807, 2.05) is 99.1 Å². The molecule has 0 fully saturated rings. The molecule has 0 N–H and O–H groups in total. The third-order valence-corrected chi connectivity index (χ3v) is 8.85. The molecule has 4 aliphatic rings. The summed E-state index contributed by atoms with van der Waals surface area (Å²) in [6, 6.07) is 0. The Morgan fingerprint density at radius 3 is 0.441 bits per heavy atom. The molecule has 68 heavy (non-hydrogen) atoms. The first kappa shape index (κ1) is 59.5. The fourth-order valence-electron chi connectivity index (χ4n) is 6.43. The van der Waals surface area contributed by atoms with Crippen LogP contribution in [-0.4, -0.2) is 96.8 Å². The van der Waals surface area contributed by atoms with Gasteiger partial charge >= 0.3 is 89.5 Å². The average molecular weight is 1320 g/mol. The summed E-state index contributed by atoms with van der Waals surface area (Å²) >= 11 is 0. The van der Waals surface area contributed by atoms with E-state index in [1.54, 1.807) is 0 Å². The molecule has 0 saturated heterocycles. The van der Waals surface area contributed by atoms with Crippen molar-refractivity contribution in [1.29, 1.82) is 0 Å². The molecule has 0 saturated carbocycles. The molecule has 376 valence electrons. The molecule has 4 aliphatic heterocycles. The minimum absolute atomic E-state index is 0. The maximum atomic E-state index is 8.25. The summed E-state index contributed by atoms with van der Waals surface area (Å²) in [4.78, 5) is 67.0. The molecule has 0 unspecified atom stereocenters. The van der Waals surface area contributed by atoms with E-state index in [9.17, 15) is 0 Å². The topological polar surface area (TPSA) is 407 Å². The van der Waals surface area contributed by atoms with Crippen LogP contribution >= 0.6 is 0 Å². The molecule has 0 aliphatic carbocycles. The van der Waals surface area contributed by atoms with Crippen molar-refractivity contribution < 1.29 is 110 Å². The summed E-state index contributed by atoms with van der Waals surface area (Å²) in [6.45, 7) is 7.99. The van der Waals surface area contributed by atoms with Crippen molar-refractivity contribution in [3.8, 4) is 46.6 Å². The second-order valence-corrected chi connectivity index (χ2v) is 12.4. The molecule has 0 radical (unpaired) electrons. The summed E-state index contributed by atoms with van der Waals surface area (Å²) in [5.74, 6) is 7.82. The first-order valence-electron chi connectivity index (χ1n) is 18.1. The predicted octanol–water partition coefficient (Wildman–Crippen LogP) is 2.07. The second kappa shape index (κ2) is 29.3. The third kappa shape index (κ3) is 16.9. The Morgan fingerprint density at radius 2 is 0.353 bits per heavy atom. The first-order valence-corrected chi connectivity index (χ1v) is 18.1. The number of aromatic nitrogens is 16. The molecule has 8 aromatic rings. The van der Waals surface area contributed by atoms with Gasteiger partial charge in [-0.15, -0.1) is 0 Å². The molecule has 0 spiro atoms. The van der Waals surface area contributed by atoms with E-state index in [0.717, 1.165) is 99.0 Å². The van der Waals surface area contributed by atoms with Crippen LogP contribution in [0.25, 0.3) is 46.6 Å². The molecule has 32 nitrogen and oxygen atoms in total. The van der Waals surface area contributed by atoms with Gasteiger partial charge < -0.3 is 97.8 Å². The Morgan fingerprint density at radius 1 is 0.265 bits per heavy atom. The monoisotopic (exact) mass is 1320 g/mol. The van der Waals surface area contributed by atoms with Gasteiger partial charge in [-0.25, -0.2) is 39.9 Å². The van der Waals surface area contributed by atoms with E-state index in [1.165, 1.54) is 0 Å². The Kier molecular flexibility index (Phi) is 25.6. The quantitative estimate of drug-likeness (QED) is 0.119. The van der Waals surface area contributed by atoms with E-state index < -0.39 is 20.3 Å². The molecule has 8 aromatic heterocycles. The van der Waals surface area contributed by atoms with Crippen LogP contribution in [0, 0.1) is 61.3 Å². The average Bonchev–Trinajstić information content (AvgIpc) is 4.10. The van der Waals surface area contributed by atoms with Gasteiger partial charge in [0.2, 0.25) is 0 Å². The number of aryl methyl sites for hydroxylation is 8. The summed E-state index contributed by atoms with van der Waals surface area (Å²) in [7, 11) is 0. The molecule has 36 heteroatoms. The fourth-order valence-corrected chi connectivity index (χ4v) is 6.43. The minimum atomic E-state index is -1.75. The summed E-state index contributed by atoms with van der Waals surface area (Å²) in [6.07, 6.45) is 30.5. The van der Waals surface area contributed by atoms with Crippen LogP contribution in [0.2, 0.25) is 0 Å². The van der Waals surface area contributed by atoms with Crippen molar-refractivity contribution in [3.05, 3.63) is 160 Å². The molecule has 12 rings (SSSR count). The van der Waals surface area contributed by atoms with Gasteiger partial charge in [-0.2, -0.15) is 0 Å². The molecular weight excluding hydrogens is 1290 g/mol. The number of hydrogen-bond donors (Lipinski definition) is 0. The van der Waals surface area contributed by atoms with E-state index in [2.05, 4.69) is 76.4 Å². The number of imidazole rings is 8. The minimum Gasteiger partial charge on any atom is -0.356 e. The van der Waals surface area contributed by atoms with E-state index in [0.29, 0.717) is 0 Å². The van der Waals surface area contributed by atoms with Crippen molar-refractivity contribution >= 4 is 0 Å². The molecule has 0 bridgehead atoms. The van der Waals surface area contributed by atoms with Gasteiger partial charge in [-0.3, -0.25) is 0 Å². The van der Waals surface area contributed by atoms with Gasteiger partial charge in [0.1, 0.15) is 0 Å². The Hall–Kier alpha value is -6.56. The van der Waals surface area contributed by atoms with Gasteiger partial charge in [0.15, 0.2) is 46.6 Å². The van der Waals surface area contributed by atoms with Crippen LogP contribution in [0.5, 0.6) is 0 Å². The molecular formula is C32H32Ag4N20O12. The maximum absolute atomic E-state index is 8.25. The number of fused-ring (bicyclic) bond motifs is 12. The van der Waals surface area contributed by atoms with Crippen LogP contribution in [-0.2, 0) is 142 Å². The molecule has 0 aromatic carbocycles. The normalized spacial score (nSPS) is 11.3. The van der Waals surface area contributed by atoms with Gasteiger partial charge in [-0.1, -0.05) is 0 Å². The van der Waals surface area contributed by atoms with E-state index in [-0.39, 0.29) is 89.5 Å². The van der Waals surface area contributed by atoms with Crippen molar-refractivity contribution in [3.63, 3.8) is 0 Å². The maximum Gasteiger partial charge on any atom is 1.00 e. The Bertz CT molecular complexity index is 2230. The van der Waals surface area contributed by atoms with Gasteiger partial charge in [-0.05, 0) is 0 Å². The first-order chi connectivity index (χ1) is 30.7. The predicted molar refractivity (Wildman–Crippen MR) is 215 cm³/mol. The van der Waals surface area contributed by atoms with Crippen molar-refractivity contribution in [2.24, 2.45) is 0 Å². The summed E-state index contributed by atoms with van der Waals surface area (Å²) < 4.78 is 17.0. The standard InChI is InChI=1S/4C8H8N4.4Ag.4NO3/c4*1-3-11-5-6-12-4-2-10-8(12)7(11)9-1;;;;;4*2-1(3)4/h4*1-4H,5-6H2;;;;;;;;/q;;;;4*+1;4*-1. The zero-order valence-corrected chi connectivity index (χ0v) is 39.9. The molecule has 0 amide bonds. The molecule has 0 atom stereocenters. The van der Waals surface area contributed by atoms with E-state index >= 15 is 0 Å². The van der Waals surface area contributed by atoms with Crippen LogP contribution in [0.1, 0.15) is 0 Å². The smallest absolute Gasteiger partial charge is 0.356 e. The molecule has 12 heterocycles. The van der Waals surface area contributed by atoms with Crippen molar-refractivity contribution in [2.45, 2.75) is 52.4 Å². The van der Waals surface area contributed by atoms with Crippen LogP contribution in [0.3, 0.4) is 0 Å². The number of nitrogens with zero attached hydrogens (tertiary/aromatic N) is 20. The number of rotatable bonds is 0. The third-order valence-electron chi connectivity index (χ3n) is 8.85. The van der Waals surface area contributed by atoms with Crippen LogP contribution < -0.4 is 0 Å². The summed E-state index contributed by atoms with van der Waals surface area (Å²) in [5.41, 5.74) is 0. The van der Waals surface area contributed by atoms with Crippen molar-refractivity contribution in [1.82, 2.24) is 76.4 Å². The largest absolute Gasteiger partial charge is 1.00 e. The Labute approximate surface area is 442 Å². The van der Waals surface area contributed by atoms with Gasteiger partial charge in [0.05, 0.1) is 20.3 Å². The zero-order valence-electron chi connectivity index (χ0n) is 33.9. The SMILES string of the molecule is O=[N+]([O-])[O-].O=[N+]([O-])[O-].O=[N+]([O-])[O-].O=[N+]([O-])[O-].[Ag+].[Ag+].[Ag+].[Ag+].c1cn2c(n1)-c1nccn1CC2.c1cn2c(n1)-c1nccn1CC2.c1cn2c(n1)-c1nccn1CC2.c1cn2c(n1)-c1nccn1CC2. The van der Waals surface area contributed by atoms with Crippen LogP contribution in [0.4, 0.5) is 0 Å². The Balaban J connectivity index is 0.000000404. The second-order valence-electron chi connectivity index (χ2n) is 12.4. The van der Waals surface area contributed by atoms with E-state index in [4.69, 9.17) is 61.3 Å². The van der Waals surface area contributed by atoms with Gasteiger partial charge in [0.25, 0.3) is 0 Å². The van der Waals surface area contributed by atoms with Gasteiger partial charge in [0, 0.05) is 152 Å².